The van der Waals surface area contributed by atoms with Crippen LogP contribution >= 0.6 is 8.81 Å². The highest BCUT2D eigenvalue weighted by molar-refractivity contribution is 7.32. The molecule has 0 saturated carbocycles. The van der Waals surface area contributed by atoms with Crippen molar-refractivity contribution < 1.29 is 9.63 Å². The molecule has 1 aromatic rings. The minimum absolute atomic E-state index is 0.212. The predicted octanol–water partition coefficient (Wildman–Crippen LogP) is 2.39. The van der Waals surface area contributed by atoms with Gasteiger partial charge in [-0.25, -0.2) is 0 Å². The van der Waals surface area contributed by atoms with Crippen LogP contribution in [0.1, 0.15) is 13.8 Å². The SMILES string of the molecule is CC(C)(Oc1ccccc1)PO. The van der Waals surface area contributed by atoms with Crippen LogP contribution in [0.15, 0.2) is 30.3 Å². The Kier molecular flexibility index (Phi) is 3.07. The summed E-state index contributed by atoms with van der Waals surface area (Å²) in [5, 5.41) is -0.471. The van der Waals surface area contributed by atoms with Crippen LogP contribution in [0.5, 0.6) is 5.75 Å². The molecular formula is C9H13O2P. The van der Waals surface area contributed by atoms with E-state index >= 15 is 0 Å². The number of rotatable bonds is 3. The van der Waals surface area contributed by atoms with Crippen LogP contribution in [0.4, 0.5) is 0 Å². The Hall–Kier alpha value is -0.590. The molecule has 0 aliphatic carbocycles. The summed E-state index contributed by atoms with van der Waals surface area (Å²) in [5.74, 6) is 0.795. The molecule has 0 fully saturated rings. The quantitative estimate of drug-likeness (QED) is 0.731. The van der Waals surface area contributed by atoms with Gasteiger partial charge in [0.05, 0.1) is 8.81 Å². The Bertz CT molecular complexity index is 234. The van der Waals surface area contributed by atoms with E-state index in [-0.39, 0.29) is 8.81 Å². The molecule has 2 nitrogen and oxygen atoms in total. The number of benzene rings is 1. The Morgan fingerprint density at radius 3 is 2.33 bits per heavy atom. The highest BCUT2D eigenvalue weighted by Crippen LogP contribution is 2.30. The third-order valence-corrected chi connectivity index (χ3v) is 2.03. The van der Waals surface area contributed by atoms with Crippen molar-refractivity contribution in [1.82, 2.24) is 0 Å². The lowest BCUT2D eigenvalue weighted by Gasteiger charge is -2.23. The summed E-state index contributed by atoms with van der Waals surface area (Å²) >= 11 is 0. The third-order valence-electron chi connectivity index (χ3n) is 1.39. The molecule has 0 bridgehead atoms. The van der Waals surface area contributed by atoms with Gasteiger partial charge in [0.1, 0.15) is 11.1 Å². The van der Waals surface area contributed by atoms with E-state index < -0.39 is 5.34 Å². The van der Waals surface area contributed by atoms with E-state index in [9.17, 15) is 0 Å². The zero-order chi connectivity index (χ0) is 9.03. The van der Waals surface area contributed by atoms with Crippen LogP contribution in [0.25, 0.3) is 0 Å². The maximum Gasteiger partial charge on any atom is 0.143 e. The van der Waals surface area contributed by atoms with Crippen molar-refractivity contribution in [1.29, 1.82) is 0 Å². The molecule has 1 atom stereocenters. The summed E-state index contributed by atoms with van der Waals surface area (Å²) in [4.78, 5) is 8.96. The summed E-state index contributed by atoms with van der Waals surface area (Å²) in [6.07, 6.45) is 0. The van der Waals surface area contributed by atoms with Gasteiger partial charge in [-0.15, -0.1) is 0 Å². The minimum Gasteiger partial charge on any atom is -0.481 e. The van der Waals surface area contributed by atoms with Crippen LogP contribution in [0.2, 0.25) is 0 Å². The van der Waals surface area contributed by atoms with Gasteiger partial charge in [0.25, 0.3) is 0 Å². The van der Waals surface area contributed by atoms with E-state index in [1.54, 1.807) is 0 Å². The van der Waals surface area contributed by atoms with Crippen molar-refractivity contribution in [3.63, 3.8) is 0 Å². The van der Waals surface area contributed by atoms with E-state index in [4.69, 9.17) is 9.63 Å². The maximum atomic E-state index is 8.96. The second-order valence-electron chi connectivity index (χ2n) is 3.04. The average Bonchev–Trinajstić information content (AvgIpc) is 2.06. The number of hydrogen-bond donors (Lipinski definition) is 1. The Labute approximate surface area is 74.4 Å². The fourth-order valence-corrected chi connectivity index (χ4v) is 0.969. The Morgan fingerprint density at radius 2 is 1.83 bits per heavy atom. The van der Waals surface area contributed by atoms with E-state index in [1.165, 1.54) is 0 Å². The average molecular weight is 184 g/mol. The number of hydrogen-bond acceptors (Lipinski definition) is 2. The van der Waals surface area contributed by atoms with Crippen molar-refractivity contribution in [2.45, 2.75) is 19.2 Å². The first-order chi connectivity index (χ1) is 5.64. The second kappa shape index (κ2) is 3.88. The normalized spacial score (nSPS) is 12.2. The molecule has 1 aromatic carbocycles. The third kappa shape index (κ3) is 2.80. The summed E-state index contributed by atoms with van der Waals surface area (Å²) < 4.78 is 5.51. The monoisotopic (exact) mass is 184 g/mol. The van der Waals surface area contributed by atoms with Crippen LogP contribution in [0.3, 0.4) is 0 Å². The molecule has 12 heavy (non-hydrogen) atoms. The van der Waals surface area contributed by atoms with Gasteiger partial charge in [-0.2, -0.15) is 0 Å². The molecule has 0 aliphatic heterocycles. The lowest BCUT2D eigenvalue weighted by molar-refractivity contribution is 0.194. The van der Waals surface area contributed by atoms with Crippen LogP contribution in [0, 0.1) is 0 Å². The molecular weight excluding hydrogens is 171 g/mol. The van der Waals surface area contributed by atoms with Crippen molar-refractivity contribution in [2.75, 3.05) is 0 Å². The first-order valence-electron chi connectivity index (χ1n) is 3.79. The topological polar surface area (TPSA) is 29.5 Å². The Balaban J connectivity index is 2.64. The largest absolute Gasteiger partial charge is 0.481 e. The van der Waals surface area contributed by atoms with Crippen molar-refractivity contribution in [2.24, 2.45) is 0 Å². The molecule has 0 heterocycles. The molecule has 0 radical (unpaired) electrons. The maximum absolute atomic E-state index is 8.96. The molecule has 1 N–H and O–H groups in total. The van der Waals surface area contributed by atoms with Gasteiger partial charge in [0.15, 0.2) is 0 Å². The molecule has 0 amide bonds. The fourth-order valence-electron chi connectivity index (χ4n) is 0.806. The second-order valence-corrected chi connectivity index (χ2v) is 4.46. The molecule has 1 unspecified atom stereocenters. The highest BCUT2D eigenvalue weighted by Gasteiger charge is 2.17. The van der Waals surface area contributed by atoms with E-state index in [1.807, 2.05) is 44.2 Å². The van der Waals surface area contributed by atoms with Crippen molar-refractivity contribution >= 4 is 8.81 Å². The zero-order valence-corrected chi connectivity index (χ0v) is 8.24. The lowest BCUT2D eigenvalue weighted by Crippen LogP contribution is -2.21. The van der Waals surface area contributed by atoms with E-state index in [0.29, 0.717) is 0 Å². The molecule has 1 rings (SSSR count). The molecule has 0 spiro atoms. The van der Waals surface area contributed by atoms with Gasteiger partial charge in [-0.05, 0) is 26.0 Å². The van der Waals surface area contributed by atoms with Gasteiger partial charge in [0, 0.05) is 0 Å². The fraction of sp³-hybridized carbons (Fsp3) is 0.333. The summed E-state index contributed by atoms with van der Waals surface area (Å²) in [6, 6.07) is 9.50. The smallest absolute Gasteiger partial charge is 0.143 e. The van der Waals surface area contributed by atoms with Gasteiger partial charge in [-0.1, -0.05) is 18.2 Å². The zero-order valence-electron chi connectivity index (χ0n) is 7.24. The van der Waals surface area contributed by atoms with Gasteiger partial charge < -0.3 is 9.63 Å². The van der Waals surface area contributed by atoms with Gasteiger partial charge >= 0.3 is 0 Å². The van der Waals surface area contributed by atoms with Crippen molar-refractivity contribution in [3.8, 4) is 5.75 Å². The molecule has 0 aliphatic rings. The number of para-hydroxylation sites is 1. The summed E-state index contributed by atoms with van der Waals surface area (Å²) in [5.41, 5.74) is 0. The first-order valence-corrected chi connectivity index (χ1v) is 4.74. The summed E-state index contributed by atoms with van der Waals surface area (Å²) in [6.45, 7) is 3.72. The van der Waals surface area contributed by atoms with Crippen LogP contribution < -0.4 is 4.74 Å². The van der Waals surface area contributed by atoms with Crippen molar-refractivity contribution in [3.05, 3.63) is 30.3 Å². The molecule has 3 heteroatoms. The number of ether oxygens (including phenoxy) is 1. The minimum atomic E-state index is -0.471. The van der Waals surface area contributed by atoms with E-state index in [2.05, 4.69) is 0 Å². The van der Waals surface area contributed by atoms with Gasteiger partial charge in [0.2, 0.25) is 0 Å². The summed E-state index contributed by atoms with van der Waals surface area (Å²) in [7, 11) is -0.212. The molecule has 0 aromatic heterocycles. The highest BCUT2D eigenvalue weighted by atomic mass is 31.1. The van der Waals surface area contributed by atoms with E-state index in [0.717, 1.165) is 5.75 Å². The van der Waals surface area contributed by atoms with Gasteiger partial charge in [-0.3, -0.25) is 0 Å². The standard InChI is InChI=1S/C9H13O2P/c1-9(2,12-10)11-8-6-4-3-5-7-8/h3-7,10,12H,1-2H3. The predicted molar refractivity (Wildman–Crippen MR) is 51.7 cm³/mol. The molecule has 0 saturated heterocycles. The lowest BCUT2D eigenvalue weighted by atomic mass is 10.3. The Morgan fingerprint density at radius 1 is 1.25 bits per heavy atom. The van der Waals surface area contributed by atoms with Crippen LogP contribution in [-0.4, -0.2) is 10.2 Å². The first kappa shape index (κ1) is 9.50. The van der Waals surface area contributed by atoms with Crippen LogP contribution in [-0.2, 0) is 0 Å². The molecule has 66 valence electrons.